The van der Waals surface area contributed by atoms with E-state index in [1.165, 1.54) is 6.07 Å². The summed E-state index contributed by atoms with van der Waals surface area (Å²) in [5.41, 5.74) is 2.74. The third-order valence-corrected chi connectivity index (χ3v) is 9.70. The van der Waals surface area contributed by atoms with E-state index in [1.54, 1.807) is 60.7 Å². The molecule has 0 saturated heterocycles. The third kappa shape index (κ3) is 10.7. The Morgan fingerprint density at radius 2 is 1.62 bits per heavy atom. The van der Waals surface area contributed by atoms with Crippen LogP contribution in [-0.2, 0) is 16.0 Å². The molecule has 3 aromatic carbocycles. The first-order valence-electron chi connectivity index (χ1n) is 17.9. The first-order chi connectivity index (χ1) is 25.6. The number of tetrazole rings is 1. The van der Waals surface area contributed by atoms with Gasteiger partial charge in [-0.25, -0.2) is 9.18 Å². The van der Waals surface area contributed by atoms with Crippen molar-refractivity contribution in [2.45, 2.75) is 52.0 Å². The van der Waals surface area contributed by atoms with Gasteiger partial charge in [-0.2, -0.15) is 5.21 Å². The van der Waals surface area contributed by atoms with E-state index in [0.717, 1.165) is 18.7 Å². The average molecular weight is 728 g/mol. The molecule has 1 heterocycles. The smallest absolute Gasteiger partial charge is 0.404 e. The summed E-state index contributed by atoms with van der Waals surface area (Å²) in [7, 11) is 0. The fourth-order valence-corrected chi connectivity index (χ4v) is 6.52. The number of carbonyl (C=O) groups is 4. The number of rotatable bonds is 16. The van der Waals surface area contributed by atoms with Gasteiger partial charge in [-0.1, -0.05) is 50.2 Å². The zero-order chi connectivity index (χ0) is 37.7. The van der Waals surface area contributed by atoms with Gasteiger partial charge >= 0.3 is 6.09 Å². The molecule has 5 rings (SSSR count). The Morgan fingerprint density at radius 1 is 0.925 bits per heavy atom. The molecule has 1 aromatic heterocycles. The zero-order valence-corrected chi connectivity index (χ0v) is 29.9. The van der Waals surface area contributed by atoms with Crippen molar-refractivity contribution in [3.05, 3.63) is 83.7 Å². The van der Waals surface area contributed by atoms with E-state index in [1.807, 2.05) is 13.8 Å². The van der Waals surface area contributed by atoms with Gasteiger partial charge in [0.25, 0.3) is 5.91 Å². The molecule has 0 bridgehead atoms. The van der Waals surface area contributed by atoms with Crippen LogP contribution in [0, 0.1) is 17.7 Å². The number of halogens is 1. The summed E-state index contributed by atoms with van der Waals surface area (Å²) in [6.45, 7) is 7.22. The third-order valence-electron chi connectivity index (χ3n) is 9.70. The van der Waals surface area contributed by atoms with Crippen molar-refractivity contribution in [3.8, 4) is 22.5 Å². The topological polar surface area (TPSA) is 194 Å². The van der Waals surface area contributed by atoms with E-state index < -0.39 is 29.8 Å². The highest BCUT2D eigenvalue weighted by Gasteiger charge is 2.30. The minimum Gasteiger partial charge on any atom is -0.465 e. The normalized spacial score (nSPS) is 16.1. The minimum atomic E-state index is -1.07. The molecule has 1 aliphatic rings. The second kappa shape index (κ2) is 18.7. The number of hydrogen-bond donors (Lipinski definition) is 6. The molecule has 6 N–H and O–H groups in total. The fraction of sp³-hybridized carbons (Fsp3) is 0.395. The summed E-state index contributed by atoms with van der Waals surface area (Å²) in [6.07, 6.45) is 1.64. The minimum absolute atomic E-state index is 0.0388. The molecular formula is C38H46FN9O5. The van der Waals surface area contributed by atoms with Gasteiger partial charge in [0.05, 0.1) is 5.56 Å². The second-order valence-corrected chi connectivity index (χ2v) is 13.1. The maximum atomic E-state index is 15.7. The van der Waals surface area contributed by atoms with Crippen molar-refractivity contribution in [2.75, 3.05) is 38.0 Å². The standard InChI is InChI=1S/C38H46FN9O5/c1-3-48(4-2)21-20-40-36(50)31-7-5-6-30(33(31)39)26-12-8-24(9-13-26)22-32(43-35(49)28-14-10-25(11-15-28)23-41-38(52)53)37(51)42-29-18-16-27(17-19-29)34-44-46-47-45-34/h5-9,12-13,16-19,25,28,32,41H,3-4,10-11,14-15,20-23H2,1-2H3,(H,40,50)(H,42,51)(H,43,49)(H,52,53)(H,44,45,46,47)/t25?,28?,32-/m0/s1. The summed E-state index contributed by atoms with van der Waals surface area (Å²) >= 11 is 0. The highest BCUT2D eigenvalue weighted by atomic mass is 19.1. The van der Waals surface area contributed by atoms with Crippen molar-refractivity contribution >= 4 is 29.5 Å². The monoisotopic (exact) mass is 727 g/mol. The maximum absolute atomic E-state index is 15.7. The van der Waals surface area contributed by atoms with Crippen LogP contribution in [0.5, 0.6) is 0 Å². The molecule has 0 aliphatic heterocycles. The Hall–Kier alpha value is -5.70. The summed E-state index contributed by atoms with van der Waals surface area (Å²) in [4.78, 5) is 53.1. The van der Waals surface area contributed by atoms with E-state index in [-0.39, 0.29) is 35.3 Å². The zero-order valence-electron chi connectivity index (χ0n) is 29.9. The van der Waals surface area contributed by atoms with Crippen LogP contribution in [0.4, 0.5) is 14.9 Å². The second-order valence-electron chi connectivity index (χ2n) is 13.1. The van der Waals surface area contributed by atoms with Gasteiger partial charge in [0, 0.05) is 48.8 Å². The number of amides is 4. The van der Waals surface area contributed by atoms with Crippen LogP contribution in [0.3, 0.4) is 0 Å². The van der Waals surface area contributed by atoms with Gasteiger partial charge in [-0.15, -0.1) is 10.2 Å². The number of likely N-dealkylation sites (N-methyl/N-ethyl adjacent to an activating group) is 1. The number of carbonyl (C=O) groups excluding carboxylic acids is 3. The SMILES string of the molecule is CCN(CC)CCNC(=O)c1cccc(-c2ccc(C[C@H](NC(=O)C3CCC(CNC(=O)O)CC3)C(=O)Nc3ccc(-c4nn[nH]n4)cc3)cc2)c1F. The lowest BCUT2D eigenvalue weighted by Crippen LogP contribution is -2.48. The Balaban J connectivity index is 1.27. The Bertz CT molecular complexity index is 1830. The molecule has 1 saturated carbocycles. The fourth-order valence-electron chi connectivity index (χ4n) is 6.52. The molecule has 53 heavy (non-hydrogen) atoms. The number of aromatic amines is 1. The van der Waals surface area contributed by atoms with Crippen LogP contribution < -0.4 is 21.3 Å². The number of nitrogens with zero attached hydrogens (tertiary/aromatic N) is 4. The summed E-state index contributed by atoms with van der Waals surface area (Å²) in [5, 5.41) is 33.9. The number of benzene rings is 3. The van der Waals surface area contributed by atoms with Crippen molar-refractivity contribution < 1.29 is 28.7 Å². The van der Waals surface area contributed by atoms with E-state index in [9.17, 15) is 19.2 Å². The van der Waals surface area contributed by atoms with Crippen molar-refractivity contribution in [1.29, 1.82) is 0 Å². The number of anilines is 1. The molecule has 1 fully saturated rings. The van der Waals surface area contributed by atoms with Gasteiger partial charge in [-0.05, 0) is 91.4 Å². The highest BCUT2D eigenvalue weighted by Crippen LogP contribution is 2.29. The van der Waals surface area contributed by atoms with Crippen LogP contribution in [0.2, 0.25) is 0 Å². The Morgan fingerprint density at radius 3 is 2.26 bits per heavy atom. The average Bonchev–Trinajstić information content (AvgIpc) is 3.72. The molecule has 280 valence electrons. The van der Waals surface area contributed by atoms with E-state index in [0.29, 0.717) is 68.0 Å². The summed E-state index contributed by atoms with van der Waals surface area (Å²) in [5.74, 6) is -1.51. The number of carboxylic acid groups (broad SMARTS) is 1. The van der Waals surface area contributed by atoms with Crippen LogP contribution in [0.15, 0.2) is 66.7 Å². The maximum Gasteiger partial charge on any atom is 0.404 e. The number of hydrogen-bond acceptors (Lipinski definition) is 8. The summed E-state index contributed by atoms with van der Waals surface area (Å²) in [6, 6.07) is 17.7. The van der Waals surface area contributed by atoms with Crippen molar-refractivity contribution in [3.63, 3.8) is 0 Å². The molecule has 1 atom stereocenters. The molecule has 1 aliphatic carbocycles. The lowest BCUT2D eigenvalue weighted by Gasteiger charge is -2.29. The number of nitrogens with one attached hydrogen (secondary N) is 5. The predicted molar refractivity (Wildman–Crippen MR) is 197 cm³/mol. The Labute approximate surface area is 307 Å². The quantitative estimate of drug-likeness (QED) is 0.0965. The molecule has 15 heteroatoms. The summed E-state index contributed by atoms with van der Waals surface area (Å²) < 4.78 is 15.7. The van der Waals surface area contributed by atoms with Gasteiger partial charge in [-0.3, -0.25) is 14.4 Å². The molecular weight excluding hydrogens is 681 g/mol. The van der Waals surface area contributed by atoms with Crippen molar-refractivity contribution in [1.82, 2.24) is 41.5 Å². The first-order valence-corrected chi connectivity index (χ1v) is 17.9. The largest absolute Gasteiger partial charge is 0.465 e. The first kappa shape index (κ1) is 38.5. The highest BCUT2D eigenvalue weighted by molar-refractivity contribution is 5.98. The van der Waals surface area contributed by atoms with Gasteiger partial charge < -0.3 is 31.3 Å². The molecule has 0 spiro atoms. The van der Waals surface area contributed by atoms with E-state index >= 15 is 4.39 Å². The van der Waals surface area contributed by atoms with Gasteiger partial charge in [0.2, 0.25) is 17.6 Å². The number of aromatic nitrogens is 4. The van der Waals surface area contributed by atoms with Crippen molar-refractivity contribution in [2.24, 2.45) is 11.8 Å². The van der Waals surface area contributed by atoms with Crippen LogP contribution >= 0.6 is 0 Å². The van der Waals surface area contributed by atoms with Gasteiger partial charge in [0.15, 0.2) is 0 Å². The molecule has 4 amide bonds. The predicted octanol–water partition coefficient (Wildman–Crippen LogP) is 4.48. The van der Waals surface area contributed by atoms with Crippen LogP contribution in [-0.4, -0.2) is 93.2 Å². The van der Waals surface area contributed by atoms with Crippen LogP contribution in [0.25, 0.3) is 22.5 Å². The van der Waals surface area contributed by atoms with Crippen LogP contribution in [0.1, 0.15) is 55.5 Å². The van der Waals surface area contributed by atoms with Gasteiger partial charge in [0.1, 0.15) is 11.9 Å². The Kier molecular flexibility index (Phi) is 13.6. The molecule has 4 aromatic rings. The van der Waals surface area contributed by atoms with E-state index in [4.69, 9.17) is 5.11 Å². The lowest BCUT2D eigenvalue weighted by molar-refractivity contribution is -0.130. The molecule has 0 unspecified atom stereocenters. The number of H-pyrrole nitrogens is 1. The lowest BCUT2D eigenvalue weighted by atomic mass is 9.81. The molecule has 14 nitrogen and oxygen atoms in total. The van der Waals surface area contributed by atoms with E-state index in [2.05, 4.69) is 46.8 Å². The molecule has 0 radical (unpaired) electrons.